The second-order valence-corrected chi connectivity index (χ2v) is 12.2. The molecule has 13 heteroatoms. The van der Waals surface area contributed by atoms with Crippen molar-refractivity contribution in [2.24, 2.45) is 11.7 Å². The lowest BCUT2D eigenvalue weighted by Crippen LogP contribution is -2.60. The molecule has 4 atom stereocenters. The molecule has 13 nitrogen and oxygen atoms in total. The molecular weight excluding hydrogens is 570 g/mol. The largest absolute Gasteiger partial charge is 0.504 e. The number of benzene rings is 1. The summed E-state index contributed by atoms with van der Waals surface area (Å²) in [6.07, 6.45) is 3.26. The lowest BCUT2D eigenvalue weighted by atomic mass is 9.52. The van der Waals surface area contributed by atoms with Crippen molar-refractivity contribution in [3.05, 3.63) is 23.3 Å². The van der Waals surface area contributed by atoms with Crippen molar-refractivity contribution in [2.45, 2.75) is 82.2 Å². The summed E-state index contributed by atoms with van der Waals surface area (Å²) in [6, 6.07) is 2.86. The second kappa shape index (κ2) is 14.4. The number of hydrogen-bond donors (Lipinski definition) is 5. The molecule has 1 saturated carbocycles. The van der Waals surface area contributed by atoms with Crippen molar-refractivity contribution in [2.75, 3.05) is 39.8 Å². The van der Waals surface area contributed by atoms with Gasteiger partial charge < -0.3 is 41.1 Å². The summed E-state index contributed by atoms with van der Waals surface area (Å²) in [5.74, 6) is -2.17. The molecular formula is C31H45N5O8. The third-order valence-corrected chi connectivity index (χ3v) is 9.48. The van der Waals surface area contributed by atoms with Crippen molar-refractivity contribution >= 4 is 29.7 Å². The molecule has 0 aromatic heterocycles. The predicted molar refractivity (Wildman–Crippen MR) is 160 cm³/mol. The van der Waals surface area contributed by atoms with Crippen LogP contribution in [-0.2, 0) is 31.0 Å². The third-order valence-electron chi connectivity index (χ3n) is 9.48. The molecule has 242 valence electrons. The van der Waals surface area contributed by atoms with E-state index in [0.717, 1.165) is 36.9 Å². The number of hydrogen-bond acceptors (Lipinski definition) is 9. The van der Waals surface area contributed by atoms with Crippen LogP contribution < -0.4 is 21.1 Å². The molecule has 4 rings (SSSR count). The van der Waals surface area contributed by atoms with E-state index in [4.69, 9.17) is 15.6 Å². The summed E-state index contributed by atoms with van der Waals surface area (Å²) in [4.78, 5) is 65.3. The highest BCUT2D eigenvalue weighted by molar-refractivity contribution is 5.96. The maximum absolute atomic E-state index is 13.2. The zero-order valence-electron chi connectivity index (χ0n) is 25.6. The molecule has 6 N–H and O–H groups in total. The SMILES string of the molecule is CCN(CCNC(=O)[C@H](CCCCN)NC(=O)CC(=O)O)C(=O)Oc1ccc2c(c1O)[C@]13CCN(C)[C@H](C2)C1CCC(=O)C3. The Morgan fingerprint density at radius 1 is 1.25 bits per heavy atom. The first-order valence-corrected chi connectivity index (χ1v) is 15.5. The van der Waals surface area contributed by atoms with Crippen molar-refractivity contribution < 1.29 is 38.9 Å². The van der Waals surface area contributed by atoms with Crippen LogP contribution in [0.4, 0.5) is 4.79 Å². The summed E-state index contributed by atoms with van der Waals surface area (Å²) < 4.78 is 5.69. The molecule has 1 aromatic carbocycles. The third kappa shape index (κ3) is 7.15. The van der Waals surface area contributed by atoms with Gasteiger partial charge in [0.05, 0.1) is 0 Å². The van der Waals surface area contributed by atoms with Crippen LogP contribution in [0.5, 0.6) is 11.5 Å². The number of likely N-dealkylation sites (tertiary alicyclic amines) is 1. The van der Waals surface area contributed by atoms with E-state index in [1.807, 2.05) is 6.07 Å². The summed E-state index contributed by atoms with van der Waals surface area (Å²) in [6.45, 7) is 3.42. The summed E-state index contributed by atoms with van der Waals surface area (Å²) >= 11 is 0. The number of Topliss-reactive ketones (excluding diaryl/α,β-unsaturated/α-hetero) is 1. The highest BCUT2D eigenvalue weighted by Crippen LogP contribution is 2.58. The number of carbonyl (C=O) groups is 5. The number of carboxylic acid groups (broad SMARTS) is 1. The molecule has 44 heavy (non-hydrogen) atoms. The van der Waals surface area contributed by atoms with Crippen molar-refractivity contribution in [1.29, 1.82) is 0 Å². The van der Waals surface area contributed by atoms with E-state index < -0.39 is 41.8 Å². The second-order valence-electron chi connectivity index (χ2n) is 12.2. The normalized spacial score (nSPS) is 23.1. The maximum atomic E-state index is 13.2. The fourth-order valence-electron chi connectivity index (χ4n) is 7.31. The van der Waals surface area contributed by atoms with Crippen LogP contribution in [0.1, 0.15) is 69.4 Å². The number of phenolic OH excluding ortho intramolecular Hbond substituents is 1. The minimum absolute atomic E-state index is 0.0425. The smallest absolute Gasteiger partial charge is 0.415 e. The van der Waals surface area contributed by atoms with Crippen LogP contribution >= 0.6 is 0 Å². The maximum Gasteiger partial charge on any atom is 0.415 e. The number of carboxylic acids is 1. The number of carbonyl (C=O) groups excluding carboxylic acids is 4. The molecule has 1 unspecified atom stereocenters. The molecule has 0 radical (unpaired) electrons. The van der Waals surface area contributed by atoms with Gasteiger partial charge in [0.25, 0.3) is 0 Å². The average molecular weight is 616 g/mol. The predicted octanol–water partition coefficient (Wildman–Crippen LogP) is 1.28. The van der Waals surface area contributed by atoms with E-state index in [0.29, 0.717) is 38.3 Å². The van der Waals surface area contributed by atoms with Crippen LogP contribution in [0.15, 0.2) is 12.1 Å². The van der Waals surface area contributed by atoms with E-state index in [2.05, 4.69) is 22.6 Å². The number of unbranched alkanes of at least 4 members (excludes halogenated alkanes) is 1. The van der Waals surface area contributed by atoms with Crippen molar-refractivity contribution in [3.8, 4) is 11.5 Å². The van der Waals surface area contributed by atoms with E-state index >= 15 is 0 Å². The van der Waals surface area contributed by atoms with Gasteiger partial charge in [-0.2, -0.15) is 0 Å². The van der Waals surface area contributed by atoms with Crippen molar-refractivity contribution in [1.82, 2.24) is 20.4 Å². The number of likely N-dealkylation sites (N-methyl/N-ethyl adjacent to an activating group) is 2. The van der Waals surface area contributed by atoms with E-state index in [1.54, 1.807) is 13.0 Å². The number of piperidine rings is 1. The Morgan fingerprint density at radius 3 is 2.73 bits per heavy atom. The number of ether oxygens (including phenoxy) is 1. The molecule has 3 amide bonds. The van der Waals surface area contributed by atoms with Crippen LogP contribution in [-0.4, -0.2) is 102 Å². The highest BCUT2D eigenvalue weighted by Gasteiger charge is 2.56. The van der Waals surface area contributed by atoms with Gasteiger partial charge in [0.15, 0.2) is 11.5 Å². The van der Waals surface area contributed by atoms with Gasteiger partial charge in [-0.1, -0.05) is 6.07 Å². The summed E-state index contributed by atoms with van der Waals surface area (Å²) in [5, 5.41) is 25.5. The van der Waals surface area contributed by atoms with Gasteiger partial charge in [-0.15, -0.1) is 0 Å². The van der Waals surface area contributed by atoms with E-state index in [-0.39, 0.29) is 49.3 Å². The molecule has 2 fully saturated rings. The number of rotatable bonds is 13. The minimum Gasteiger partial charge on any atom is -0.504 e. The topological polar surface area (TPSA) is 192 Å². The monoisotopic (exact) mass is 615 g/mol. The van der Waals surface area contributed by atoms with Gasteiger partial charge in [0.2, 0.25) is 11.8 Å². The Hall–Kier alpha value is -3.71. The molecule has 1 heterocycles. The quantitative estimate of drug-likeness (QED) is 0.160. The van der Waals surface area contributed by atoms with Gasteiger partial charge in [0.1, 0.15) is 18.2 Å². The number of nitrogens with one attached hydrogen (secondary N) is 2. The zero-order valence-corrected chi connectivity index (χ0v) is 25.6. The Bertz CT molecular complexity index is 1270. The van der Waals surface area contributed by atoms with Crippen molar-refractivity contribution in [3.63, 3.8) is 0 Å². The Balaban J connectivity index is 1.41. The molecule has 0 spiro atoms. The van der Waals surface area contributed by atoms with Crippen LogP contribution in [0.2, 0.25) is 0 Å². The van der Waals surface area contributed by atoms with E-state index in [9.17, 15) is 29.1 Å². The standard InChI is InChI=1S/C31H45N5O8/c1-3-36(15-13-33-29(42)22(6-4-5-12-32)34-25(38)17-26(39)40)30(43)44-24-10-7-19-16-23-21-9-8-20(37)18-31(21,11-14-35(23)2)27(19)28(24)41/h7,10,21-23,41H,3-6,8-9,11-18,32H2,1-2H3,(H,33,42)(H,34,38)(H,39,40)/t21?,22-,23+,31-/m0/s1. The number of ketones is 1. The number of phenols is 1. The number of aliphatic carboxylic acids is 1. The average Bonchev–Trinajstić information content (AvgIpc) is 2.97. The van der Waals surface area contributed by atoms with Gasteiger partial charge in [-0.3, -0.25) is 19.2 Å². The van der Waals surface area contributed by atoms with E-state index in [1.165, 1.54) is 4.90 Å². The lowest BCUT2D eigenvalue weighted by Gasteiger charge is -2.58. The van der Waals surface area contributed by atoms with Crippen LogP contribution in [0.3, 0.4) is 0 Å². The van der Waals surface area contributed by atoms with Gasteiger partial charge in [-0.25, -0.2) is 4.79 Å². The Labute approximate surface area is 257 Å². The van der Waals surface area contributed by atoms with Crippen LogP contribution in [0, 0.1) is 5.92 Å². The lowest BCUT2D eigenvalue weighted by molar-refractivity contribution is -0.141. The fraction of sp³-hybridized carbons (Fsp3) is 0.645. The zero-order chi connectivity index (χ0) is 32.0. The first kappa shape index (κ1) is 33.2. The van der Waals surface area contributed by atoms with Gasteiger partial charge >= 0.3 is 12.1 Å². The molecule has 1 aromatic rings. The highest BCUT2D eigenvalue weighted by atomic mass is 16.6. The summed E-state index contributed by atoms with van der Waals surface area (Å²) in [5.41, 5.74) is 6.78. The number of nitrogens with two attached hydrogens (primary N) is 1. The molecule has 2 bridgehead atoms. The minimum atomic E-state index is -1.30. The first-order valence-electron chi connectivity index (χ1n) is 15.5. The molecule has 2 aliphatic carbocycles. The number of nitrogens with zero attached hydrogens (tertiary/aromatic N) is 2. The number of aromatic hydroxyl groups is 1. The Kier molecular flexibility index (Phi) is 10.8. The van der Waals surface area contributed by atoms with Gasteiger partial charge in [0, 0.05) is 49.5 Å². The number of amides is 3. The Morgan fingerprint density at radius 2 is 2.02 bits per heavy atom. The fourth-order valence-corrected chi connectivity index (χ4v) is 7.31. The van der Waals surface area contributed by atoms with Crippen LogP contribution in [0.25, 0.3) is 0 Å². The molecule has 1 aliphatic heterocycles. The molecule has 1 saturated heterocycles. The summed E-state index contributed by atoms with van der Waals surface area (Å²) in [7, 11) is 2.12. The van der Waals surface area contributed by atoms with Gasteiger partial charge in [-0.05, 0) is 83.1 Å². The molecule has 3 aliphatic rings. The first-order chi connectivity index (χ1) is 21.0. The number of fused-ring (bicyclic) bond motifs is 1.